The Morgan fingerprint density at radius 2 is 1.81 bits per heavy atom. The maximum absolute atomic E-state index is 5.91. The summed E-state index contributed by atoms with van der Waals surface area (Å²) in [5.41, 5.74) is 7.16. The highest BCUT2D eigenvalue weighted by molar-refractivity contribution is 7.98. The van der Waals surface area contributed by atoms with Crippen LogP contribution in [0.2, 0.25) is 0 Å². The molecular weight excluding hydrogens is 220 g/mol. The Labute approximate surface area is 102 Å². The fraction of sp³-hybridized carbons (Fsp3) is 0.545. The molecule has 1 aromatic heterocycles. The van der Waals surface area contributed by atoms with E-state index in [1.165, 1.54) is 5.69 Å². The quantitative estimate of drug-likeness (QED) is 0.603. The molecule has 1 atom stereocenters. The van der Waals surface area contributed by atoms with E-state index in [2.05, 4.69) is 34.0 Å². The van der Waals surface area contributed by atoms with Crippen LogP contribution in [-0.4, -0.2) is 38.6 Å². The Morgan fingerprint density at radius 3 is 2.25 bits per heavy atom. The standard InChI is InChI=1S/C11H21N4S/c1-13(2)10-5-7-15(8-6-10)9-16-11(12)14(3)4/h5-8,11H,9,12H2,1-4H3/q+1. The van der Waals surface area contributed by atoms with Crippen molar-refractivity contribution in [2.45, 2.75) is 11.4 Å². The number of hydrogen-bond donors (Lipinski definition) is 1. The van der Waals surface area contributed by atoms with Crippen LogP contribution in [0.25, 0.3) is 0 Å². The Balaban J connectivity index is 2.49. The van der Waals surface area contributed by atoms with Crippen molar-refractivity contribution in [2.24, 2.45) is 5.73 Å². The topological polar surface area (TPSA) is 36.4 Å². The highest BCUT2D eigenvalue weighted by atomic mass is 32.2. The van der Waals surface area contributed by atoms with E-state index < -0.39 is 0 Å². The van der Waals surface area contributed by atoms with Gasteiger partial charge >= 0.3 is 0 Å². The van der Waals surface area contributed by atoms with E-state index in [0.29, 0.717) is 0 Å². The van der Waals surface area contributed by atoms with Gasteiger partial charge in [0, 0.05) is 31.9 Å². The summed E-state index contributed by atoms with van der Waals surface area (Å²) in [6, 6.07) is 4.20. The van der Waals surface area contributed by atoms with Crippen molar-refractivity contribution in [3.63, 3.8) is 0 Å². The molecule has 0 aliphatic carbocycles. The molecule has 1 unspecified atom stereocenters. The minimum absolute atomic E-state index is 0.0426. The molecule has 0 bridgehead atoms. The smallest absolute Gasteiger partial charge is 0.197 e. The largest absolute Gasteiger partial charge is 0.377 e. The van der Waals surface area contributed by atoms with Crippen molar-refractivity contribution in [3.05, 3.63) is 24.5 Å². The van der Waals surface area contributed by atoms with E-state index in [9.17, 15) is 0 Å². The average Bonchev–Trinajstić information content (AvgIpc) is 2.26. The van der Waals surface area contributed by atoms with Crippen LogP contribution in [-0.2, 0) is 5.88 Å². The third kappa shape index (κ3) is 4.00. The second-order valence-electron chi connectivity index (χ2n) is 4.11. The molecule has 90 valence electrons. The molecule has 2 N–H and O–H groups in total. The van der Waals surface area contributed by atoms with Gasteiger partial charge in [0.05, 0.1) is 0 Å². The minimum atomic E-state index is 0.0426. The summed E-state index contributed by atoms with van der Waals surface area (Å²) in [6.45, 7) is 0. The molecule has 5 heteroatoms. The first-order valence-electron chi connectivity index (χ1n) is 5.21. The molecular formula is C11H21N4S+. The van der Waals surface area contributed by atoms with Gasteiger partial charge in [-0.25, -0.2) is 0 Å². The van der Waals surface area contributed by atoms with Gasteiger partial charge in [-0.05, 0) is 14.1 Å². The number of rotatable bonds is 5. The lowest BCUT2D eigenvalue weighted by atomic mass is 10.4. The van der Waals surface area contributed by atoms with Crippen LogP contribution in [0.4, 0.5) is 5.69 Å². The second-order valence-corrected chi connectivity index (χ2v) is 5.19. The SMILES string of the molecule is CN(C)c1cc[n+](CSC(N)N(C)C)cc1. The van der Waals surface area contributed by atoms with Crippen molar-refractivity contribution in [3.8, 4) is 0 Å². The zero-order chi connectivity index (χ0) is 12.1. The van der Waals surface area contributed by atoms with Gasteiger partial charge in [0.1, 0.15) is 5.50 Å². The minimum Gasteiger partial charge on any atom is -0.377 e. The summed E-state index contributed by atoms with van der Waals surface area (Å²) in [5.74, 6) is 0.868. The molecule has 4 nitrogen and oxygen atoms in total. The Hall–Kier alpha value is -0.780. The van der Waals surface area contributed by atoms with Crippen LogP contribution in [0.15, 0.2) is 24.5 Å². The normalized spacial score (nSPS) is 12.9. The van der Waals surface area contributed by atoms with Gasteiger partial charge in [-0.1, -0.05) is 11.8 Å². The van der Waals surface area contributed by atoms with E-state index in [0.717, 1.165) is 5.88 Å². The number of anilines is 1. The molecule has 0 saturated carbocycles. The van der Waals surface area contributed by atoms with Crippen molar-refractivity contribution in [1.29, 1.82) is 0 Å². The summed E-state index contributed by atoms with van der Waals surface area (Å²) < 4.78 is 2.13. The lowest BCUT2D eigenvalue weighted by Gasteiger charge is -2.17. The molecule has 1 aromatic rings. The predicted octanol–water partition coefficient (Wildman–Crippen LogP) is 0.535. The molecule has 0 amide bonds. The lowest BCUT2D eigenvalue weighted by molar-refractivity contribution is -0.675. The predicted molar refractivity (Wildman–Crippen MR) is 70.2 cm³/mol. The summed E-state index contributed by atoms with van der Waals surface area (Å²) >= 11 is 1.70. The first-order valence-corrected chi connectivity index (χ1v) is 6.25. The number of nitrogens with two attached hydrogens (primary N) is 1. The van der Waals surface area contributed by atoms with E-state index >= 15 is 0 Å². The van der Waals surface area contributed by atoms with E-state index in [1.54, 1.807) is 11.8 Å². The summed E-state index contributed by atoms with van der Waals surface area (Å²) in [4.78, 5) is 4.09. The number of hydrogen-bond acceptors (Lipinski definition) is 4. The Morgan fingerprint density at radius 1 is 1.25 bits per heavy atom. The van der Waals surface area contributed by atoms with Gasteiger partial charge in [0.25, 0.3) is 0 Å². The summed E-state index contributed by atoms with van der Waals surface area (Å²) in [6.07, 6.45) is 4.15. The van der Waals surface area contributed by atoms with Crippen LogP contribution in [0.3, 0.4) is 0 Å². The first kappa shape index (κ1) is 13.3. The monoisotopic (exact) mass is 241 g/mol. The first-order chi connectivity index (χ1) is 7.50. The number of nitrogens with zero attached hydrogens (tertiary/aromatic N) is 3. The summed E-state index contributed by atoms with van der Waals surface area (Å²) in [7, 11) is 8.04. The van der Waals surface area contributed by atoms with Gasteiger partial charge in [0.15, 0.2) is 18.3 Å². The Bertz CT molecular complexity index is 310. The molecule has 0 aliphatic heterocycles. The highest BCUT2D eigenvalue weighted by Gasteiger charge is 2.09. The maximum atomic E-state index is 5.91. The zero-order valence-corrected chi connectivity index (χ0v) is 11.2. The van der Waals surface area contributed by atoms with Gasteiger partial charge in [-0.15, -0.1) is 0 Å². The van der Waals surface area contributed by atoms with Crippen LogP contribution >= 0.6 is 11.8 Å². The van der Waals surface area contributed by atoms with Crippen LogP contribution in [0.5, 0.6) is 0 Å². The highest BCUT2D eigenvalue weighted by Crippen LogP contribution is 2.09. The lowest BCUT2D eigenvalue weighted by Crippen LogP contribution is -2.38. The van der Waals surface area contributed by atoms with Gasteiger partial charge in [-0.2, -0.15) is 4.57 Å². The molecule has 1 rings (SSSR count). The number of aromatic nitrogens is 1. The molecule has 0 spiro atoms. The van der Waals surface area contributed by atoms with Gasteiger partial charge < -0.3 is 10.6 Å². The molecule has 0 aromatic carbocycles. The van der Waals surface area contributed by atoms with Crippen molar-refractivity contribution >= 4 is 17.4 Å². The fourth-order valence-electron chi connectivity index (χ4n) is 1.15. The van der Waals surface area contributed by atoms with Crippen LogP contribution < -0.4 is 15.2 Å². The molecule has 0 saturated heterocycles. The molecule has 0 aliphatic rings. The van der Waals surface area contributed by atoms with Crippen molar-refractivity contribution < 1.29 is 4.57 Å². The third-order valence-electron chi connectivity index (χ3n) is 2.29. The van der Waals surface area contributed by atoms with Gasteiger partial charge in [0.2, 0.25) is 0 Å². The zero-order valence-electron chi connectivity index (χ0n) is 10.4. The van der Waals surface area contributed by atoms with Crippen molar-refractivity contribution in [1.82, 2.24) is 4.90 Å². The second kappa shape index (κ2) is 6.08. The number of thioether (sulfide) groups is 1. The Kier molecular flexibility index (Phi) is 5.05. The van der Waals surface area contributed by atoms with E-state index in [1.807, 2.05) is 33.1 Å². The van der Waals surface area contributed by atoms with Crippen LogP contribution in [0, 0.1) is 0 Å². The summed E-state index contributed by atoms with van der Waals surface area (Å²) in [5, 5.41) is 0. The average molecular weight is 241 g/mol. The maximum Gasteiger partial charge on any atom is 0.197 e. The number of pyridine rings is 1. The fourth-order valence-corrected chi connectivity index (χ4v) is 1.94. The van der Waals surface area contributed by atoms with E-state index in [-0.39, 0.29) is 5.50 Å². The van der Waals surface area contributed by atoms with E-state index in [4.69, 9.17) is 5.73 Å². The molecule has 0 fully saturated rings. The third-order valence-corrected chi connectivity index (χ3v) is 3.50. The van der Waals surface area contributed by atoms with Gasteiger partial charge in [-0.3, -0.25) is 4.90 Å². The van der Waals surface area contributed by atoms with Crippen molar-refractivity contribution in [2.75, 3.05) is 33.1 Å². The molecule has 16 heavy (non-hydrogen) atoms. The molecule has 0 radical (unpaired) electrons. The van der Waals surface area contributed by atoms with Crippen LogP contribution in [0.1, 0.15) is 0 Å². The molecule has 1 heterocycles.